The molecule has 3 heterocycles. The predicted molar refractivity (Wildman–Crippen MR) is 83.5 cm³/mol. The number of amides is 1. The lowest BCUT2D eigenvalue weighted by Crippen LogP contribution is -2.40. The molecule has 3 rings (SSSR count). The number of rotatable bonds is 3. The maximum absolute atomic E-state index is 11.9. The van der Waals surface area contributed by atoms with E-state index in [0.717, 1.165) is 36.6 Å². The molecule has 2 aromatic heterocycles. The summed E-state index contributed by atoms with van der Waals surface area (Å²) in [5, 5.41) is 0. The van der Waals surface area contributed by atoms with Crippen molar-refractivity contribution in [2.24, 2.45) is 7.05 Å². The van der Waals surface area contributed by atoms with Gasteiger partial charge in [0, 0.05) is 50.8 Å². The van der Waals surface area contributed by atoms with Crippen molar-refractivity contribution in [3.05, 3.63) is 30.5 Å². The van der Waals surface area contributed by atoms with Crippen molar-refractivity contribution in [3.63, 3.8) is 0 Å². The molecule has 1 aliphatic heterocycles. The van der Waals surface area contributed by atoms with Crippen molar-refractivity contribution >= 4 is 17.5 Å². The van der Waals surface area contributed by atoms with Crippen LogP contribution in [0.15, 0.2) is 24.8 Å². The minimum atomic E-state index is -0.0196. The van der Waals surface area contributed by atoms with Crippen LogP contribution in [0.1, 0.15) is 24.5 Å². The van der Waals surface area contributed by atoms with Gasteiger partial charge in [-0.2, -0.15) is 0 Å². The molecule has 0 radical (unpaired) electrons. The molecule has 0 N–H and O–H groups in total. The van der Waals surface area contributed by atoms with Gasteiger partial charge < -0.3 is 9.47 Å². The van der Waals surface area contributed by atoms with Crippen molar-refractivity contribution in [1.82, 2.24) is 24.4 Å². The van der Waals surface area contributed by atoms with Gasteiger partial charge in [-0.3, -0.25) is 9.78 Å². The van der Waals surface area contributed by atoms with Gasteiger partial charge >= 0.3 is 0 Å². The average Bonchev–Trinajstić information content (AvgIpc) is 3.00. The van der Waals surface area contributed by atoms with Gasteiger partial charge in [-0.15, -0.1) is 11.6 Å². The van der Waals surface area contributed by atoms with Crippen LogP contribution < -0.4 is 0 Å². The average molecular weight is 320 g/mol. The Morgan fingerprint density at radius 3 is 2.86 bits per heavy atom. The van der Waals surface area contributed by atoms with Gasteiger partial charge in [0.1, 0.15) is 11.6 Å². The standard InChI is InChI=1S/C15H18ClN5O/c1-20-8-6-19-15(20)14-13(17-4-5-18-14)11-3-2-7-21(10-11)12(22)9-16/h4-6,8,11H,2-3,7,9-10H2,1H3. The second-order valence-electron chi connectivity index (χ2n) is 5.46. The number of carbonyl (C=O) groups excluding carboxylic acids is 1. The number of hydrogen-bond donors (Lipinski definition) is 0. The largest absolute Gasteiger partial charge is 0.341 e. The SMILES string of the molecule is Cn1ccnc1-c1nccnc1C1CCCN(C(=O)CCl)C1. The quantitative estimate of drug-likeness (QED) is 0.810. The summed E-state index contributed by atoms with van der Waals surface area (Å²) < 4.78 is 1.93. The minimum Gasteiger partial charge on any atom is -0.341 e. The van der Waals surface area contributed by atoms with Crippen LogP contribution in [-0.4, -0.2) is 49.3 Å². The number of nitrogens with zero attached hydrogens (tertiary/aromatic N) is 5. The zero-order chi connectivity index (χ0) is 15.5. The molecule has 0 aromatic carbocycles. The highest BCUT2D eigenvalue weighted by molar-refractivity contribution is 6.27. The number of aromatic nitrogens is 4. The van der Waals surface area contributed by atoms with Gasteiger partial charge in [0.25, 0.3) is 0 Å². The Bertz CT molecular complexity index is 671. The van der Waals surface area contributed by atoms with Crippen LogP contribution in [0.25, 0.3) is 11.5 Å². The fraction of sp³-hybridized carbons (Fsp3) is 0.467. The van der Waals surface area contributed by atoms with Crippen LogP contribution >= 0.6 is 11.6 Å². The summed E-state index contributed by atoms with van der Waals surface area (Å²) in [6.45, 7) is 1.40. The topological polar surface area (TPSA) is 63.9 Å². The Morgan fingerprint density at radius 2 is 2.14 bits per heavy atom. The summed E-state index contributed by atoms with van der Waals surface area (Å²) in [6.07, 6.45) is 8.95. The first-order chi connectivity index (χ1) is 10.7. The molecule has 0 bridgehead atoms. The van der Waals surface area contributed by atoms with Gasteiger partial charge in [-0.05, 0) is 12.8 Å². The van der Waals surface area contributed by atoms with Crippen LogP contribution in [-0.2, 0) is 11.8 Å². The van der Waals surface area contributed by atoms with E-state index in [9.17, 15) is 4.79 Å². The number of aryl methyl sites for hydroxylation is 1. The summed E-state index contributed by atoms with van der Waals surface area (Å²) in [6, 6.07) is 0. The molecule has 0 saturated carbocycles. The molecular weight excluding hydrogens is 302 g/mol. The first-order valence-electron chi connectivity index (χ1n) is 7.33. The lowest BCUT2D eigenvalue weighted by molar-refractivity contribution is -0.129. The molecule has 116 valence electrons. The van der Waals surface area contributed by atoms with Gasteiger partial charge in [-0.1, -0.05) is 0 Å². The van der Waals surface area contributed by atoms with Crippen molar-refractivity contribution in [3.8, 4) is 11.5 Å². The van der Waals surface area contributed by atoms with Crippen molar-refractivity contribution in [2.45, 2.75) is 18.8 Å². The number of imidazole rings is 1. The summed E-state index contributed by atoms with van der Waals surface area (Å²) in [5.74, 6) is 0.971. The van der Waals surface area contributed by atoms with Crippen molar-refractivity contribution < 1.29 is 4.79 Å². The Hall–Kier alpha value is -1.95. The van der Waals surface area contributed by atoms with E-state index < -0.39 is 0 Å². The first kappa shape index (κ1) is 15.0. The smallest absolute Gasteiger partial charge is 0.237 e. The molecule has 0 spiro atoms. The Morgan fingerprint density at radius 1 is 1.32 bits per heavy atom. The summed E-state index contributed by atoms with van der Waals surface area (Å²) in [4.78, 5) is 27.0. The number of likely N-dealkylation sites (tertiary alicyclic amines) is 1. The van der Waals surface area contributed by atoms with E-state index >= 15 is 0 Å². The summed E-state index contributed by atoms with van der Waals surface area (Å²) >= 11 is 5.68. The highest BCUT2D eigenvalue weighted by Crippen LogP contribution is 2.31. The third-order valence-corrected chi connectivity index (χ3v) is 4.26. The fourth-order valence-corrected chi connectivity index (χ4v) is 3.09. The van der Waals surface area contributed by atoms with E-state index in [4.69, 9.17) is 11.6 Å². The van der Waals surface area contributed by atoms with Crippen molar-refractivity contribution in [1.29, 1.82) is 0 Å². The Kier molecular flexibility index (Phi) is 4.38. The summed E-state index contributed by atoms with van der Waals surface area (Å²) in [5.41, 5.74) is 1.70. The normalized spacial score (nSPS) is 18.5. The van der Waals surface area contributed by atoms with Crippen LogP contribution in [0.4, 0.5) is 0 Å². The highest BCUT2D eigenvalue weighted by atomic mass is 35.5. The van der Waals surface area contributed by atoms with Crippen LogP contribution in [0.2, 0.25) is 0 Å². The lowest BCUT2D eigenvalue weighted by atomic mass is 9.93. The number of piperidine rings is 1. The minimum absolute atomic E-state index is 0.0196. The highest BCUT2D eigenvalue weighted by Gasteiger charge is 2.28. The predicted octanol–water partition coefficient (Wildman–Crippen LogP) is 1.82. The summed E-state index contributed by atoms with van der Waals surface area (Å²) in [7, 11) is 1.94. The Balaban J connectivity index is 1.92. The molecule has 7 heteroatoms. The van der Waals surface area contributed by atoms with E-state index in [1.807, 2.05) is 22.7 Å². The maximum atomic E-state index is 11.9. The van der Waals surface area contributed by atoms with Crippen LogP contribution in [0.5, 0.6) is 0 Å². The molecule has 2 aromatic rings. The first-order valence-corrected chi connectivity index (χ1v) is 7.86. The number of halogens is 1. The molecular formula is C15H18ClN5O. The van der Waals surface area contributed by atoms with E-state index in [2.05, 4.69) is 15.0 Å². The number of hydrogen-bond acceptors (Lipinski definition) is 4. The molecule has 0 aliphatic carbocycles. The van der Waals surface area contributed by atoms with E-state index in [1.54, 1.807) is 18.6 Å². The second-order valence-corrected chi connectivity index (χ2v) is 5.73. The Labute approximate surface area is 134 Å². The fourth-order valence-electron chi connectivity index (χ4n) is 2.92. The molecule has 1 aliphatic rings. The van der Waals surface area contributed by atoms with Crippen molar-refractivity contribution in [2.75, 3.05) is 19.0 Å². The zero-order valence-corrected chi connectivity index (χ0v) is 13.2. The van der Waals surface area contributed by atoms with Gasteiger partial charge in [0.05, 0.1) is 5.69 Å². The van der Waals surface area contributed by atoms with Gasteiger partial charge in [0.15, 0.2) is 5.82 Å². The van der Waals surface area contributed by atoms with E-state index in [-0.39, 0.29) is 17.7 Å². The molecule has 6 nitrogen and oxygen atoms in total. The lowest BCUT2D eigenvalue weighted by Gasteiger charge is -2.32. The van der Waals surface area contributed by atoms with E-state index in [1.165, 1.54) is 0 Å². The maximum Gasteiger partial charge on any atom is 0.237 e. The molecule has 22 heavy (non-hydrogen) atoms. The third kappa shape index (κ3) is 2.83. The van der Waals surface area contributed by atoms with Gasteiger partial charge in [-0.25, -0.2) is 9.97 Å². The number of alkyl halides is 1. The third-order valence-electron chi connectivity index (χ3n) is 4.03. The molecule has 1 fully saturated rings. The monoisotopic (exact) mass is 319 g/mol. The van der Waals surface area contributed by atoms with Crippen LogP contribution in [0, 0.1) is 0 Å². The van der Waals surface area contributed by atoms with Crippen LogP contribution in [0.3, 0.4) is 0 Å². The molecule has 1 saturated heterocycles. The van der Waals surface area contributed by atoms with E-state index in [0.29, 0.717) is 6.54 Å². The number of carbonyl (C=O) groups is 1. The molecule has 1 atom stereocenters. The van der Waals surface area contributed by atoms with Gasteiger partial charge in [0.2, 0.25) is 5.91 Å². The molecule has 1 amide bonds. The zero-order valence-electron chi connectivity index (χ0n) is 12.4. The second kappa shape index (κ2) is 6.44. The molecule has 1 unspecified atom stereocenters.